The highest BCUT2D eigenvalue weighted by atomic mass is 32.2. The van der Waals surface area contributed by atoms with E-state index < -0.39 is 5.54 Å². The van der Waals surface area contributed by atoms with Crippen LogP contribution in [0, 0.1) is 25.2 Å². The van der Waals surface area contributed by atoms with Crippen molar-refractivity contribution >= 4 is 11.8 Å². The summed E-state index contributed by atoms with van der Waals surface area (Å²) >= 11 is 1.82. The molecule has 0 saturated carbocycles. The fourth-order valence-electron chi connectivity index (χ4n) is 1.56. The van der Waals surface area contributed by atoms with Gasteiger partial charge in [-0.2, -0.15) is 5.26 Å². The van der Waals surface area contributed by atoms with Gasteiger partial charge in [0, 0.05) is 10.6 Å². The van der Waals surface area contributed by atoms with Crippen molar-refractivity contribution in [3.05, 3.63) is 29.3 Å². The van der Waals surface area contributed by atoms with Crippen LogP contribution in [0.25, 0.3) is 0 Å². The Morgan fingerprint density at radius 3 is 2.65 bits per heavy atom. The Morgan fingerprint density at radius 2 is 2.12 bits per heavy atom. The first kappa shape index (κ1) is 14.1. The summed E-state index contributed by atoms with van der Waals surface area (Å²) in [6.07, 6.45) is 0.845. The lowest BCUT2D eigenvalue weighted by Gasteiger charge is -2.20. The molecule has 0 aliphatic rings. The molecule has 0 aliphatic carbocycles. The van der Waals surface area contributed by atoms with Crippen LogP contribution >= 0.6 is 11.8 Å². The maximum absolute atomic E-state index is 9.05. The van der Waals surface area contributed by atoms with Crippen molar-refractivity contribution in [2.75, 3.05) is 12.8 Å². The molecule has 1 atom stereocenters. The molecule has 0 radical (unpaired) electrons. The summed E-state index contributed by atoms with van der Waals surface area (Å²) in [6.45, 7) is 6.18. The van der Waals surface area contributed by atoms with Crippen LogP contribution in [0.5, 0.6) is 0 Å². The largest absolute Gasteiger partial charge is 0.303 e. The van der Waals surface area contributed by atoms with E-state index in [1.54, 1.807) is 0 Å². The van der Waals surface area contributed by atoms with E-state index in [-0.39, 0.29) is 0 Å². The molecule has 1 N–H and O–H groups in total. The van der Waals surface area contributed by atoms with Gasteiger partial charge in [-0.1, -0.05) is 17.7 Å². The SMILES string of the molecule is CNC(C)(C#N)CCSc1ccc(C)cc1C. The summed E-state index contributed by atoms with van der Waals surface area (Å²) in [5, 5.41) is 12.1. The van der Waals surface area contributed by atoms with Crippen molar-refractivity contribution in [1.29, 1.82) is 5.26 Å². The smallest absolute Gasteiger partial charge is 0.104 e. The van der Waals surface area contributed by atoms with Gasteiger partial charge in [0.2, 0.25) is 0 Å². The van der Waals surface area contributed by atoms with Crippen LogP contribution in [0.2, 0.25) is 0 Å². The lowest BCUT2D eigenvalue weighted by molar-refractivity contribution is 0.479. The number of aryl methyl sites for hydroxylation is 2. The topological polar surface area (TPSA) is 35.8 Å². The highest BCUT2D eigenvalue weighted by Gasteiger charge is 2.20. The minimum Gasteiger partial charge on any atom is -0.303 e. The van der Waals surface area contributed by atoms with Gasteiger partial charge in [-0.15, -0.1) is 11.8 Å². The fourth-order valence-corrected chi connectivity index (χ4v) is 2.74. The first-order valence-corrected chi connectivity index (χ1v) is 6.79. The Labute approximate surface area is 108 Å². The zero-order chi connectivity index (χ0) is 12.9. The van der Waals surface area contributed by atoms with Gasteiger partial charge in [-0.3, -0.25) is 0 Å². The third kappa shape index (κ3) is 4.07. The van der Waals surface area contributed by atoms with E-state index in [0.29, 0.717) is 0 Å². The molecule has 0 aliphatic heterocycles. The van der Waals surface area contributed by atoms with Gasteiger partial charge >= 0.3 is 0 Å². The maximum atomic E-state index is 9.05. The second-order valence-electron chi connectivity index (χ2n) is 4.56. The summed E-state index contributed by atoms with van der Waals surface area (Å²) < 4.78 is 0. The number of hydrogen-bond acceptors (Lipinski definition) is 3. The predicted octanol–water partition coefficient (Wildman–Crippen LogP) is 3.29. The number of nitrogens with one attached hydrogen (secondary N) is 1. The van der Waals surface area contributed by atoms with Gasteiger partial charge in [0.25, 0.3) is 0 Å². The standard InChI is InChI=1S/C14H20N2S/c1-11-5-6-13(12(2)9-11)17-8-7-14(3,10-15)16-4/h5-6,9,16H,7-8H2,1-4H3. The van der Waals surface area contributed by atoms with Crippen LogP contribution in [0.4, 0.5) is 0 Å². The van der Waals surface area contributed by atoms with Gasteiger partial charge in [-0.25, -0.2) is 0 Å². The molecule has 0 fully saturated rings. The number of rotatable bonds is 5. The number of hydrogen-bond donors (Lipinski definition) is 1. The molecule has 2 nitrogen and oxygen atoms in total. The van der Waals surface area contributed by atoms with E-state index in [2.05, 4.69) is 43.4 Å². The van der Waals surface area contributed by atoms with E-state index in [9.17, 15) is 0 Å². The van der Waals surface area contributed by atoms with Gasteiger partial charge in [0.05, 0.1) is 6.07 Å². The molecule has 0 aromatic heterocycles. The lowest BCUT2D eigenvalue weighted by atomic mass is 10.0. The first-order chi connectivity index (χ1) is 8.00. The predicted molar refractivity (Wildman–Crippen MR) is 74.3 cm³/mol. The van der Waals surface area contributed by atoms with Crippen LogP contribution in [0.3, 0.4) is 0 Å². The Bertz CT molecular complexity index is 423. The summed E-state index contributed by atoms with van der Waals surface area (Å²) in [7, 11) is 1.84. The number of nitrogens with zero attached hydrogens (tertiary/aromatic N) is 1. The van der Waals surface area contributed by atoms with Crippen LogP contribution in [0.15, 0.2) is 23.1 Å². The lowest BCUT2D eigenvalue weighted by Crippen LogP contribution is -2.38. The molecule has 17 heavy (non-hydrogen) atoms. The second-order valence-corrected chi connectivity index (χ2v) is 5.70. The molecule has 0 bridgehead atoms. The molecule has 1 unspecified atom stereocenters. The Morgan fingerprint density at radius 1 is 1.41 bits per heavy atom. The molecule has 92 valence electrons. The van der Waals surface area contributed by atoms with E-state index in [0.717, 1.165) is 12.2 Å². The van der Waals surface area contributed by atoms with E-state index in [4.69, 9.17) is 5.26 Å². The van der Waals surface area contributed by atoms with Gasteiger partial charge in [-0.05, 0) is 45.9 Å². The monoisotopic (exact) mass is 248 g/mol. The number of nitriles is 1. The molecule has 0 heterocycles. The Hall–Kier alpha value is -0.980. The van der Waals surface area contributed by atoms with Crippen LogP contribution in [0.1, 0.15) is 24.5 Å². The molecule has 0 spiro atoms. The molecule has 0 saturated heterocycles. The Balaban J connectivity index is 2.55. The summed E-state index contributed by atoms with van der Waals surface area (Å²) in [6, 6.07) is 8.81. The molecule has 3 heteroatoms. The molecule has 1 aromatic rings. The number of benzene rings is 1. The summed E-state index contributed by atoms with van der Waals surface area (Å²) in [5.41, 5.74) is 2.20. The molecule has 1 rings (SSSR count). The van der Waals surface area contributed by atoms with Crippen molar-refractivity contribution in [2.45, 2.75) is 37.6 Å². The minimum atomic E-state index is -0.411. The molecular formula is C14H20N2S. The van der Waals surface area contributed by atoms with Gasteiger partial charge < -0.3 is 5.32 Å². The summed E-state index contributed by atoms with van der Waals surface area (Å²) in [5.74, 6) is 0.953. The highest BCUT2D eigenvalue weighted by Crippen LogP contribution is 2.25. The van der Waals surface area contributed by atoms with Crippen LogP contribution in [-0.4, -0.2) is 18.3 Å². The first-order valence-electron chi connectivity index (χ1n) is 5.81. The van der Waals surface area contributed by atoms with Crippen molar-refractivity contribution in [3.8, 4) is 6.07 Å². The third-order valence-corrected chi connectivity index (χ3v) is 4.17. The van der Waals surface area contributed by atoms with Crippen molar-refractivity contribution in [1.82, 2.24) is 5.32 Å². The van der Waals surface area contributed by atoms with E-state index in [1.807, 2.05) is 25.7 Å². The Kier molecular flexibility index (Phi) is 5.04. The van der Waals surface area contributed by atoms with Crippen molar-refractivity contribution in [2.24, 2.45) is 0 Å². The van der Waals surface area contributed by atoms with Crippen molar-refractivity contribution < 1.29 is 0 Å². The van der Waals surface area contributed by atoms with Crippen LogP contribution in [-0.2, 0) is 0 Å². The van der Waals surface area contributed by atoms with Crippen LogP contribution < -0.4 is 5.32 Å². The van der Waals surface area contributed by atoms with Gasteiger partial charge in [0.15, 0.2) is 0 Å². The zero-order valence-corrected chi connectivity index (χ0v) is 11.8. The minimum absolute atomic E-state index is 0.411. The quantitative estimate of drug-likeness (QED) is 0.812. The third-order valence-electron chi connectivity index (χ3n) is 2.99. The highest BCUT2D eigenvalue weighted by molar-refractivity contribution is 7.99. The average Bonchev–Trinajstić information content (AvgIpc) is 2.32. The normalized spacial score (nSPS) is 14.1. The number of thioether (sulfide) groups is 1. The molecular weight excluding hydrogens is 228 g/mol. The van der Waals surface area contributed by atoms with E-state index >= 15 is 0 Å². The van der Waals surface area contributed by atoms with Crippen molar-refractivity contribution in [3.63, 3.8) is 0 Å². The second kappa shape index (κ2) is 6.09. The van der Waals surface area contributed by atoms with E-state index in [1.165, 1.54) is 16.0 Å². The maximum Gasteiger partial charge on any atom is 0.104 e. The summed E-state index contributed by atoms with van der Waals surface area (Å²) in [4.78, 5) is 1.31. The average molecular weight is 248 g/mol. The van der Waals surface area contributed by atoms with Gasteiger partial charge in [0.1, 0.15) is 5.54 Å². The molecule has 1 aromatic carbocycles. The zero-order valence-electron chi connectivity index (χ0n) is 11.0. The fraction of sp³-hybridized carbons (Fsp3) is 0.500. The molecule has 0 amide bonds.